The lowest BCUT2D eigenvalue weighted by Gasteiger charge is -1.99. The maximum absolute atomic E-state index is 10.5. The number of aromatic carboxylic acids is 1. The summed E-state index contributed by atoms with van der Waals surface area (Å²) in [6, 6.07) is 0. The number of hydrogen-bond acceptors (Lipinski definition) is 6. The van der Waals surface area contributed by atoms with Gasteiger partial charge in [-0.3, -0.25) is 0 Å². The Morgan fingerprint density at radius 2 is 1.44 bits per heavy atom. The van der Waals surface area contributed by atoms with E-state index in [1.807, 2.05) is 0 Å². The molecule has 80 valence electrons. The second-order valence-electron chi connectivity index (χ2n) is 2.93. The topological polar surface area (TPSA) is 115 Å². The van der Waals surface area contributed by atoms with Crippen LogP contribution in [0.2, 0.25) is 0 Å². The number of carboxylic acids is 1. The fourth-order valence-electron chi connectivity index (χ4n) is 1.07. The molecule has 0 unspecified atom stereocenters. The Balaban J connectivity index is 2.34. The van der Waals surface area contributed by atoms with E-state index < -0.39 is 5.97 Å². The predicted molar refractivity (Wildman–Crippen MR) is 54.4 cm³/mol. The van der Waals surface area contributed by atoms with Crippen LogP contribution in [0, 0.1) is 0 Å². The maximum atomic E-state index is 10.5. The van der Waals surface area contributed by atoms with Crippen LogP contribution in [-0.4, -0.2) is 31.0 Å². The van der Waals surface area contributed by atoms with Gasteiger partial charge in [-0.2, -0.15) is 0 Å². The van der Waals surface area contributed by atoms with Gasteiger partial charge in [0, 0.05) is 35.9 Å². The van der Waals surface area contributed by atoms with Gasteiger partial charge in [0.2, 0.25) is 11.8 Å². The Morgan fingerprint density at radius 3 is 1.88 bits per heavy atom. The van der Waals surface area contributed by atoms with Crippen LogP contribution < -0.4 is 5.73 Å². The molecule has 0 radical (unpaired) electrons. The van der Waals surface area contributed by atoms with E-state index in [9.17, 15) is 4.79 Å². The van der Waals surface area contributed by atoms with E-state index in [-0.39, 0.29) is 11.8 Å². The number of nitrogens with zero attached hydrogens (tertiary/aromatic N) is 4. The van der Waals surface area contributed by atoms with Gasteiger partial charge in [0.05, 0.1) is 0 Å². The first-order chi connectivity index (χ1) is 7.66. The molecule has 0 saturated heterocycles. The van der Waals surface area contributed by atoms with Crippen LogP contribution in [0.15, 0.2) is 24.8 Å². The second-order valence-corrected chi connectivity index (χ2v) is 2.93. The molecule has 0 spiro atoms. The molecule has 16 heavy (non-hydrogen) atoms. The SMILES string of the molecule is Nc1ncc(-c2cnc(C(=O)O)nc2)cn1. The van der Waals surface area contributed by atoms with E-state index in [1.54, 1.807) is 0 Å². The number of anilines is 1. The van der Waals surface area contributed by atoms with Gasteiger partial charge in [0.25, 0.3) is 0 Å². The number of carbonyl (C=O) groups is 1. The van der Waals surface area contributed by atoms with Crippen molar-refractivity contribution in [2.45, 2.75) is 0 Å². The fourth-order valence-corrected chi connectivity index (χ4v) is 1.07. The molecule has 7 nitrogen and oxygen atoms in total. The first-order valence-corrected chi connectivity index (χ1v) is 4.30. The molecule has 2 aromatic rings. The van der Waals surface area contributed by atoms with E-state index in [2.05, 4.69) is 19.9 Å². The van der Waals surface area contributed by atoms with Crippen molar-refractivity contribution in [3.63, 3.8) is 0 Å². The van der Waals surface area contributed by atoms with Gasteiger partial charge in [0.15, 0.2) is 0 Å². The summed E-state index contributed by atoms with van der Waals surface area (Å²) in [4.78, 5) is 25.5. The highest BCUT2D eigenvalue weighted by molar-refractivity contribution is 5.83. The fraction of sp³-hybridized carbons (Fsp3) is 0. The van der Waals surface area contributed by atoms with Crippen LogP contribution in [-0.2, 0) is 0 Å². The van der Waals surface area contributed by atoms with Crippen molar-refractivity contribution in [1.29, 1.82) is 0 Å². The number of rotatable bonds is 2. The Kier molecular flexibility index (Phi) is 2.42. The van der Waals surface area contributed by atoms with Crippen LogP contribution >= 0.6 is 0 Å². The third-order valence-electron chi connectivity index (χ3n) is 1.85. The average molecular weight is 217 g/mol. The van der Waals surface area contributed by atoms with Crippen molar-refractivity contribution < 1.29 is 9.90 Å². The van der Waals surface area contributed by atoms with Crippen LogP contribution in [0.5, 0.6) is 0 Å². The molecule has 0 saturated carbocycles. The Bertz CT molecular complexity index is 508. The lowest BCUT2D eigenvalue weighted by molar-refractivity contribution is 0.0683. The standard InChI is InChI=1S/C9H7N5O2/c10-9-13-3-6(4-14-9)5-1-11-7(8(15)16)12-2-5/h1-4H,(H,15,16)(H2,10,13,14). The van der Waals surface area contributed by atoms with Crippen molar-refractivity contribution in [3.8, 4) is 11.1 Å². The zero-order chi connectivity index (χ0) is 11.5. The molecule has 0 amide bonds. The normalized spacial score (nSPS) is 10.0. The van der Waals surface area contributed by atoms with E-state index in [0.29, 0.717) is 11.1 Å². The third-order valence-corrected chi connectivity index (χ3v) is 1.85. The highest BCUT2D eigenvalue weighted by Gasteiger charge is 2.06. The van der Waals surface area contributed by atoms with Crippen molar-refractivity contribution in [2.75, 3.05) is 5.73 Å². The summed E-state index contributed by atoms with van der Waals surface area (Å²) in [7, 11) is 0. The van der Waals surface area contributed by atoms with Crippen molar-refractivity contribution in [2.24, 2.45) is 0 Å². The van der Waals surface area contributed by atoms with E-state index >= 15 is 0 Å². The minimum absolute atomic E-state index is 0.173. The number of carboxylic acid groups (broad SMARTS) is 1. The summed E-state index contributed by atoms with van der Waals surface area (Å²) < 4.78 is 0. The molecule has 2 heterocycles. The quantitative estimate of drug-likeness (QED) is 0.738. The maximum Gasteiger partial charge on any atom is 0.373 e. The second kappa shape index (κ2) is 3.89. The molecule has 0 atom stereocenters. The molecule has 0 aliphatic heterocycles. The van der Waals surface area contributed by atoms with Gasteiger partial charge in [-0.15, -0.1) is 0 Å². The molecular formula is C9H7N5O2. The highest BCUT2D eigenvalue weighted by atomic mass is 16.4. The van der Waals surface area contributed by atoms with Crippen LogP contribution in [0.1, 0.15) is 10.6 Å². The lowest BCUT2D eigenvalue weighted by atomic mass is 10.2. The number of nitrogens with two attached hydrogens (primary N) is 1. The number of nitrogen functional groups attached to an aromatic ring is 1. The third kappa shape index (κ3) is 1.92. The van der Waals surface area contributed by atoms with Crippen molar-refractivity contribution in [1.82, 2.24) is 19.9 Å². The molecule has 0 aliphatic carbocycles. The molecule has 2 rings (SSSR count). The summed E-state index contributed by atoms with van der Waals surface area (Å²) in [5, 5.41) is 8.62. The smallest absolute Gasteiger partial charge is 0.373 e. The first kappa shape index (κ1) is 9.97. The number of aromatic nitrogens is 4. The molecule has 0 aromatic carbocycles. The van der Waals surface area contributed by atoms with Gasteiger partial charge in [-0.25, -0.2) is 24.7 Å². The summed E-state index contributed by atoms with van der Waals surface area (Å²) in [5.74, 6) is -1.24. The van der Waals surface area contributed by atoms with Crippen LogP contribution in [0.25, 0.3) is 11.1 Å². The average Bonchev–Trinajstić information content (AvgIpc) is 2.30. The van der Waals surface area contributed by atoms with Crippen molar-refractivity contribution in [3.05, 3.63) is 30.6 Å². The Morgan fingerprint density at radius 1 is 1.00 bits per heavy atom. The van der Waals surface area contributed by atoms with Gasteiger partial charge >= 0.3 is 5.97 Å². The van der Waals surface area contributed by atoms with Crippen LogP contribution in [0.3, 0.4) is 0 Å². The zero-order valence-corrected chi connectivity index (χ0v) is 8.03. The molecule has 0 fully saturated rings. The van der Waals surface area contributed by atoms with E-state index in [1.165, 1.54) is 24.8 Å². The summed E-state index contributed by atoms with van der Waals surface area (Å²) in [5.41, 5.74) is 6.64. The molecular weight excluding hydrogens is 210 g/mol. The Labute approximate surface area is 90.0 Å². The molecule has 0 bridgehead atoms. The summed E-state index contributed by atoms with van der Waals surface area (Å²) >= 11 is 0. The molecule has 7 heteroatoms. The molecule has 2 aromatic heterocycles. The molecule has 3 N–H and O–H groups in total. The van der Waals surface area contributed by atoms with Gasteiger partial charge in [-0.05, 0) is 0 Å². The highest BCUT2D eigenvalue weighted by Crippen LogP contribution is 2.15. The largest absolute Gasteiger partial charge is 0.475 e. The van der Waals surface area contributed by atoms with Crippen LogP contribution in [0.4, 0.5) is 5.95 Å². The predicted octanol–water partition coefficient (Wildman–Crippen LogP) is 0.214. The Hall–Kier alpha value is -2.57. The minimum Gasteiger partial charge on any atom is -0.475 e. The van der Waals surface area contributed by atoms with Crippen molar-refractivity contribution >= 4 is 11.9 Å². The summed E-state index contributed by atoms with van der Waals surface area (Å²) in [6.07, 6.45) is 5.82. The van der Waals surface area contributed by atoms with Gasteiger partial charge < -0.3 is 10.8 Å². The van der Waals surface area contributed by atoms with Gasteiger partial charge in [-0.1, -0.05) is 0 Å². The van der Waals surface area contributed by atoms with E-state index in [0.717, 1.165) is 0 Å². The monoisotopic (exact) mass is 217 g/mol. The molecule has 0 aliphatic rings. The summed E-state index contributed by atoms with van der Waals surface area (Å²) in [6.45, 7) is 0. The lowest BCUT2D eigenvalue weighted by Crippen LogP contribution is -2.03. The zero-order valence-electron chi connectivity index (χ0n) is 8.03. The van der Waals surface area contributed by atoms with Gasteiger partial charge in [0.1, 0.15) is 0 Å². The van der Waals surface area contributed by atoms with E-state index in [4.69, 9.17) is 10.8 Å². The first-order valence-electron chi connectivity index (χ1n) is 4.30. The number of hydrogen-bond donors (Lipinski definition) is 2. The minimum atomic E-state index is -1.17.